The Labute approximate surface area is 309 Å². The zero-order valence-electron chi connectivity index (χ0n) is 30.4. The lowest BCUT2D eigenvalue weighted by Crippen LogP contribution is -2.39. The summed E-state index contributed by atoms with van der Waals surface area (Å²) in [5, 5.41) is 13.5. The molecule has 2 aliphatic heterocycles. The Kier molecular flexibility index (Phi) is 8.66. The lowest BCUT2D eigenvalue weighted by atomic mass is 9.81. The molecule has 8 rings (SSSR count). The van der Waals surface area contributed by atoms with Gasteiger partial charge >= 0.3 is 5.97 Å². The fraction of sp³-hybridized carbons (Fsp3) is 0.475. The van der Waals surface area contributed by atoms with Crippen LogP contribution in [-0.2, 0) is 51.2 Å². The van der Waals surface area contributed by atoms with E-state index in [0.717, 1.165) is 116 Å². The monoisotopic (exact) mass is 723 g/mol. The Bertz CT molecular complexity index is 2130. The fourth-order valence-corrected chi connectivity index (χ4v) is 9.85. The predicted molar refractivity (Wildman–Crippen MR) is 199 cm³/mol. The molecule has 52 heavy (non-hydrogen) atoms. The summed E-state index contributed by atoms with van der Waals surface area (Å²) in [5.41, 5.74) is 7.51. The molecule has 1 amide bonds. The van der Waals surface area contributed by atoms with E-state index >= 15 is 0 Å². The number of anilines is 1. The van der Waals surface area contributed by atoms with Crippen molar-refractivity contribution >= 4 is 34.9 Å². The van der Waals surface area contributed by atoms with Gasteiger partial charge in [-0.2, -0.15) is 0 Å². The molecule has 4 aromatic rings. The highest BCUT2D eigenvalue weighted by Crippen LogP contribution is 2.62. The molecule has 2 aliphatic carbocycles. The zero-order chi connectivity index (χ0) is 36.5. The second kappa shape index (κ2) is 13.0. The number of likely N-dealkylation sites (N-methyl/N-ethyl adjacent to an activating group) is 1. The third kappa shape index (κ3) is 5.87. The summed E-state index contributed by atoms with van der Waals surface area (Å²) in [4.78, 5) is 53.5. The lowest BCUT2D eigenvalue weighted by Gasteiger charge is -2.35. The predicted octanol–water partition coefficient (Wildman–Crippen LogP) is 5.84. The first-order valence-corrected chi connectivity index (χ1v) is 18.7. The van der Waals surface area contributed by atoms with Crippen LogP contribution >= 0.6 is 11.6 Å². The van der Waals surface area contributed by atoms with Crippen molar-refractivity contribution in [2.45, 2.75) is 71.4 Å². The Morgan fingerprint density at radius 1 is 0.865 bits per heavy atom. The SMILES string of the molecule is Cc1c(NC(=O)c2nc3c(n2C)CCN(CC24CCC(C(=O)O)(CC2)C4)C3)cccc1-c1cccc(CC(=O)c2nc3c(n2C)CCN(C)C3)c1Cl. The number of carbonyl (C=O) groups is 3. The van der Waals surface area contributed by atoms with Gasteiger partial charge in [0.2, 0.25) is 5.78 Å². The number of carboxylic acid groups (broad SMARTS) is 1. The van der Waals surface area contributed by atoms with E-state index in [0.29, 0.717) is 28.9 Å². The van der Waals surface area contributed by atoms with E-state index in [9.17, 15) is 19.5 Å². The molecule has 0 atom stereocenters. The number of carbonyl (C=O) groups excluding carboxylic acids is 2. The number of amides is 1. The number of Topliss-reactive ketones (excluding diaryl/α,β-unsaturated/α-hetero) is 1. The first kappa shape index (κ1) is 34.7. The van der Waals surface area contributed by atoms with Gasteiger partial charge in [0, 0.05) is 88.7 Å². The van der Waals surface area contributed by atoms with Crippen molar-refractivity contribution < 1.29 is 19.5 Å². The molecule has 0 spiro atoms. The summed E-state index contributed by atoms with van der Waals surface area (Å²) in [6.07, 6.45) is 6.05. The number of rotatable bonds is 9. The van der Waals surface area contributed by atoms with Crippen molar-refractivity contribution in [3.63, 3.8) is 0 Å². The summed E-state index contributed by atoms with van der Waals surface area (Å²) in [7, 11) is 5.88. The van der Waals surface area contributed by atoms with Crippen molar-refractivity contribution in [1.82, 2.24) is 28.9 Å². The van der Waals surface area contributed by atoms with Crippen LogP contribution in [0.15, 0.2) is 36.4 Å². The largest absolute Gasteiger partial charge is 0.481 e. The van der Waals surface area contributed by atoms with Gasteiger partial charge in [0.1, 0.15) is 0 Å². The Morgan fingerprint density at radius 3 is 2.25 bits per heavy atom. The highest BCUT2D eigenvalue weighted by molar-refractivity contribution is 6.34. The van der Waals surface area contributed by atoms with Crippen LogP contribution in [0.3, 0.4) is 0 Å². The van der Waals surface area contributed by atoms with Crippen LogP contribution in [0, 0.1) is 17.8 Å². The quantitative estimate of drug-likeness (QED) is 0.207. The summed E-state index contributed by atoms with van der Waals surface area (Å²) >= 11 is 7.03. The Hall–Kier alpha value is -4.32. The second-order valence-electron chi connectivity index (χ2n) is 15.8. The van der Waals surface area contributed by atoms with Crippen LogP contribution in [-0.4, -0.2) is 78.4 Å². The lowest BCUT2D eigenvalue weighted by molar-refractivity contribution is -0.148. The van der Waals surface area contributed by atoms with E-state index in [1.54, 1.807) is 0 Å². The number of ketones is 1. The van der Waals surface area contributed by atoms with E-state index in [-0.39, 0.29) is 23.5 Å². The molecule has 11 nitrogen and oxygen atoms in total. The number of hydrogen-bond acceptors (Lipinski definition) is 7. The van der Waals surface area contributed by atoms with Gasteiger partial charge in [-0.3, -0.25) is 19.3 Å². The first-order valence-electron chi connectivity index (χ1n) is 18.3. The van der Waals surface area contributed by atoms with Gasteiger partial charge in [0.15, 0.2) is 11.6 Å². The molecule has 12 heteroatoms. The van der Waals surface area contributed by atoms with E-state index < -0.39 is 11.4 Å². The van der Waals surface area contributed by atoms with Crippen LogP contribution < -0.4 is 5.32 Å². The molecule has 2 aromatic carbocycles. The summed E-state index contributed by atoms with van der Waals surface area (Å²) in [6, 6.07) is 11.5. The number of aromatic nitrogens is 4. The standard InChI is InChI=1S/C40H46ClN7O4/c1-24-26(27-9-5-7-25(34(27)41)19-33(49)35-42-29-20-45(2)17-11-31(29)46(35)3)8-6-10-28(24)44-37(50)36-43-30-21-48(18-12-32(30)47(36)4)23-39-13-15-40(22-39,16-14-39)38(51)52/h5-10H,11-23H2,1-4H3,(H,44,50)(H,51,52). The van der Waals surface area contributed by atoms with Gasteiger partial charge < -0.3 is 24.5 Å². The maximum absolute atomic E-state index is 13.8. The van der Waals surface area contributed by atoms with Crippen LogP contribution in [0.2, 0.25) is 5.02 Å². The van der Waals surface area contributed by atoms with E-state index in [1.165, 1.54) is 0 Å². The average molecular weight is 724 g/mol. The number of fused-ring (bicyclic) bond motifs is 4. The molecular weight excluding hydrogens is 678 g/mol. The minimum Gasteiger partial charge on any atom is -0.481 e. The molecule has 0 unspecified atom stereocenters. The third-order valence-corrected chi connectivity index (χ3v) is 13.0. The molecule has 2 fully saturated rings. The fourth-order valence-electron chi connectivity index (χ4n) is 9.55. The second-order valence-corrected chi connectivity index (χ2v) is 16.2. The van der Waals surface area contributed by atoms with Crippen LogP contribution in [0.25, 0.3) is 11.1 Å². The average Bonchev–Trinajstić information content (AvgIpc) is 3.86. The number of nitrogens with one attached hydrogen (secondary N) is 1. The molecule has 2 aromatic heterocycles. The van der Waals surface area contributed by atoms with Gasteiger partial charge in [-0.1, -0.05) is 41.9 Å². The number of aliphatic carboxylic acids is 1. The van der Waals surface area contributed by atoms with Gasteiger partial charge in [-0.05, 0) is 74.2 Å². The summed E-state index contributed by atoms with van der Waals surface area (Å²) in [6.45, 7) is 6.04. The maximum atomic E-state index is 13.8. The van der Waals surface area contributed by atoms with Crippen molar-refractivity contribution in [2.24, 2.45) is 24.9 Å². The number of carboxylic acids is 1. The van der Waals surface area contributed by atoms with Crippen LogP contribution in [0.4, 0.5) is 5.69 Å². The number of benzene rings is 2. The summed E-state index contributed by atoms with van der Waals surface area (Å²) < 4.78 is 3.84. The molecule has 272 valence electrons. The van der Waals surface area contributed by atoms with Crippen molar-refractivity contribution in [3.05, 3.63) is 87.0 Å². The molecule has 4 aliphatic rings. The normalized spacial score (nSPS) is 22.7. The maximum Gasteiger partial charge on any atom is 0.309 e. The van der Waals surface area contributed by atoms with Crippen LogP contribution in [0.1, 0.15) is 87.2 Å². The van der Waals surface area contributed by atoms with E-state index in [1.807, 2.05) is 66.6 Å². The molecule has 2 bridgehead atoms. The zero-order valence-corrected chi connectivity index (χ0v) is 31.1. The molecule has 0 radical (unpaired) electrons. The van der Waals surface area contributed by atoms with Gasteiger partial charge in [0.05, 0.1) is 21.8 Å². The molecule has 0 saturated heterocycles. The molecule has 2 saturated carbocycles. The number of hydrogen-bond donors (Lipinski definition) is 2. The third-order valence-electron chi connectivity index (χ3n) is 12.5. The molecule has 2 N–H and O–H groups in total. The molecular formula is C40H46ClN7O4. The highest BCUT2D eigenvalue weighted by Gasteiger charge is 2.58. The van der Waals surface area contributed by atoms with E-state index in [4.69, 9.17) is 21.6 Å². The first-order chi connectivity index (χ1) is 24.9. The number of nitrogens with zero attached hydrogens (tertiary/aromatic N) is 6. The van der Waals surface area contributed by atoms with Crippen LogP contribution in [0.5, 0.6) is 0 Å². The van der Waals surface area contributed by atoms with Gasteiger partial charge in [-0.15, -0.1) is 0 Å². The molecule has 4 heterocycles. The van der Waals surface area contributed by atoms with Gasteiger partial charge in [0.25, 0.3) is 5.91 Å². The Balaban J connectivity index is 0.973. The van der Waals surface area contributed by atoms with Crippen molar-refractivity contribution in [1.29, 1.82) is 0 Å². The minimum absolute atomic E-state index is 0.0708. The minimum atomic E-state index is -0.634. The summed E-state index contributed by atoms with van der Waals surface area (Å²) in [5.74, 6) is -0.170. The Morgan fingerprint density at radius 2 is 1.52 bits per heavy atom. The number of halogens is 1. The van der Waals surface area contributed by atoms with Gasteiger partial charge in [-0.25, -0.2) is 9.97 Å². The smallest absolute Gasteiger partial charge is 0.309 e. The van der Waals surface area contributed by atoms with Crippen molar-refractivity contribution in [2.75, 3.05) is 32.0 Å². The number of imidazole rings is 2. The van der Waals surface area contributed by atoms with Crippen molar-refractivity contribution in [3.8, 4) is 11.1 Å². The topological polar surface area (TPSA) is 126 Å². The van der Waals surface area contributed by atoms with E-state index in [2.05, 4.69) is 22.2 Å². The highest BCUT2D eigenvalue weighted by atomic mass is 35.5.